The molecular weight excluding hydrogens is 369 g/mol. The van der Waals surface area contributed by atoms with Crippen LogP contribution in [-0.4, -0.2) is 29.6 Å². The predicted molar refractivity (Wildman–Crippen MR) is 98.9 cm³/mol. The van der Waals surface area contributed by atoms with Crippen molar-refractivity contribution in [1.29, 1.82) is 0 Å². The van der Waals surface area contributed by atoms with Gasteiger partial charge in [-0.05, 0) is 42.0 Å². The number of carbonyl (C=O) groups excluding carboxylic acids is 1. The second-order valence-electron chi connectivity index (χ2n) is 5.87. The molecule has 8 heteroatoms. The van der Waals surface area contributed by atoms with Gasteiger partial charge in [0.1, 0.15) is 5.82 Å². The minimum absolute atomic E-state index is 0.000817. The van der Waals surface area contributed by atoms with Crippen molar-refractivity contribution in [2.45, 2.75) is 18.4 Å². The minimum Gasteiger partial charge on any atom is -0.348 e. The Bertz CT molecular complexity index is 1050. The zero-order valence-electron chi connectivity index (χ0n) is 14.6. The molecule has 0 bridgehead atoms. The Balaban J connectivity index is 1.66. The van der Waals surface area contributed by atoms with Crippen LogP contribution in [0, 0.1) is 5.82 Å². The van der Waals surface area contributed by atoms with Crippen LogP contribution in [0.2, 0.25) is 0 Å². The van der Waals surface area contributed by atoms with Gasteiger partial charge in [-0.1, -0.05) is 13.0 Å². The summed E-state index contributed by atoms with van der Waals surface area (Å²) in [5, 5.41) is 2.69. The molecule has 1 heterocycles. The summed E-state index contributed by atoms with van der Waals surface area (Å²) in [4.78, 5) is 16.3. The second kappa shape index (κ2) is 7.71. The molecule has 1 amide bonds. The molecule has 3 rings (SSSR count). The third-order valence-corrected chi connectivity index (χ3v) is 5.85. The highest BCUT2D eigenvalue weighted by Crippen LogP contribution is 2.16. The van der Waals surface area contributed by atoms with Crippen LogP contribution < -0.4 is 5.32 Å². The number of benzene rings is 2. The number of imidazole rings is 1. The van der Waals surface area contributed by atoms with Crippen LogP contribution in [-0.2, 0) is 16.4 Å². The van der Waals surface area contributed by atoms with Crippen LogP contribution >= 0.6 is 0 Å². The Morgan fingerprint density at radius 1 is 1.19 bits per heavy atom. The minimum atomic E-state index is -3.30. The quantitative estimate of drug-likeness (QED) is 0.705. The van der Waals surface area contributed by atoms with Crippen molar-refractivity contribution >= 4 is 15.7 Å². The molecule has 27 heavy (non-hydrogen) atoms. The molecule has 0 aliphatic rings. The highest BCUT2D eigenvalue weighted by Gasteiger charge is 2.13. The molecule has 1 N–H and O–H groups in total. The van der Waals surface area contributed by atoms with Crippen LogP contribution in [0.3, 0.4) is 0 Å². The number of sulfone groups is 1. The van der Waals surface area contributed by atoms with Crippen molar-refractivity contribution in [2.24, 2.45) is 0 Å². The first-order chi connectivity index (χ1) is 12.9. The molecule has 1 aromatic heterocycles. The van der Waals surface area contributed by atoms with E-state index < -0.39 is 15.7 Å². The van der Waals surface area contributed by atoms with Crippen LogP contribution in [0.15, 0.2) is 66.1 Å². The Morgan fingerprint density at radius 2 is 1.93 bits per heavy atom. The molecule has 3 aromatic rings. The zero-order chi connectivity index (χ0) is 19.4. The largest absolute Gasteiger partial charge is 0.348 e. The van der Waals surface area contributed by atoms with Crippen molar-refractivity contribution in [3.63, 3.8) is 0 Å². The number of halogens is 1. The average Bonchev–Trinajstić information content (AvgIpc) is 3.20. The maximum absolute atomic E-state index is 14.2. The maximum Gasteiger partial charge on any atom is 0.251 e. The monoisotopic (exact) mass is 387 g/mol. The van der Waals surface area contributed by atoms with Crippen LogP contribution in [0.1, 0.15) is 22.8 Å². The molecule has 0 saturated heterocycles. The van der Waals surface area contributed by atoms with Crippen molar-refractivity contribution in [2.75, 3.05) is 5.75 Å². The summed E-state index contributed by atoms with van der Waals surface area (Å²) in [6.45, 7) is 1.71. The molecule has 0 unspecified atom stereocenters. The highest BCUT2D eigenvalue weighted by atomic mass is 32.2. The van der Waals surface area contributed by atoms with E-state index in [1.165, 1.54) is 36.7 Å². The summed E-state index contributed by atoms with van der Waals surface area (Å²) in [5.41, 5.74) is 1.31. The Labute approximate surface area is 156 Å². The first kappa shape index (κ1) is 18.8. The standard InChI is InChI=1S/C19H18FN3O3S/c1-2-27(25,26)16-6-4-15(5-7-16)19(24)22-12-14-3-8-18(17(20)11-14)23-10-9-21-13-23/h3-11,13H,2,12H2,1H3,(H,22,24). The van der Waals surface area contributed by atoms with Crippen LogP contribution in [0.25, 0.3) is 5.69 Å². The Morgan fingerprint density at radius 3 is 2.52 bits per heavy atom. The number of amides is 1. The van der Waals surface area contributed by atoms with E-state index in [1.807, 2.05) is 0 Å². The number of hydrogen-bond donors (Lipinski definition) is 1. The van der Waals surface area contributed by atoms with Gasteiger partial charge < -0.3 is 9.88 Å². The van der Waals surface area contributed by atoms with E-state index in [4.69, 9.17) is 0 Å². The fourth-order valence-corrected chi connectivity index (χ4v) is 3.42. The van der Waals surface area contributed by atoms with Crippen LogP contribution in [0.5, 0.6) is 0 Å². The van der Waals surface area contributed by atoms with Gasteiger partial charge in [0.2, 0.25) is 0 Å². The lowest BCUT2D eigenvalue weighted by Crippen LogP contribution is -2.23. The molecule has 0 fully saturated rings. The molecule has 0 aliphatic heterocycles. The topological polar surface area (TPSA) is 81.1 Å². The number of nitrogens with one attached hydrogen (secondary N) is 1. The van der Waals surface area contributed by atoms with Gasteiger partial charge in [0.15, 0.2) is 9.84 Å². The third kappa shape index (κ3) is 4.22. The highest BCUT2D eigenvalue weighted by molar-refractivity contribution is 7.91. The van der Waals surface area contributed by atoms with Gasteiger partial charge in [0, 0.05) is 24.5 Å². The van der Waals surface area contributed by atoms with E-state index in [9.17, 15) is 17.6 Å². The van der Waals surface area contributed by atoms with E-state index in [0.717, 1.165) is 0 Å². The third-order valence-electron chi connectivity index (χ3n) is 4.10. The smallest absolute Gasteiger partial charge is 0.251 e. The second-order valence-corrected chi connectivity index (χ2v) is 8.14. The van der Waals surface area contributed by atoms with E-state index >= 15 is 0 Å². The zero-order valence-corrected chi connectivity index (χ0v) is 15.4. The average molecular weight is 387 g/mol. The van der Waals surface area contributed by atoms with E-state index in [2.05, 4.69) is 10.3 Å². The molecule has 6 nitrogen and oxygen atoms in total. The van der Waals surface area contributed by atoms with Crippen molar-refractivity contribution < 1.29 is 17.6 Å². The van der Waals surface area contributed by atoms with Gasteiger partial charge in [0.05, 0.1) is 22.7 Å². The number of aromatic nitrogens is 2. The Kier molecular flexibility index (Phi) is 5.36. The summed E-state index contributed by atoms with van der Waals surface area (Å²) in [6, 6.07) is 10.4. The van der Waals surface area contributed by atoms with Gasteiger partial charge in [-0.15, -0.1) is 0 Å². The van der Waals surface area contributed by atoms with Gasteiger partial charge in [-0.2, -0.15) is 0 Å². The molecular formula is C19H18FN3O3S. The molecule has 0 atom stereocenters. The lowest BCUT2D eigenvalue weighted by Gasteiger charge is -2.09. The van der Waals surface area contributed by atoms with Gasteiger partial charge in [-0.25, -0.2) is 17.8 Å². The molecule has 2 aromatic carbocycles. The molecule has 140 valence electrons. The number of rotatable bonds is 6. The van der Waals surface area contributed by atoms with Gasteiger partial charge in [-0.3, -0.25) is 4.79 Å². The summed E-state index contributed by atoms with van der Waals surface area (Å²) >= 11 is 0. The van der Waals surface area contributed by atoms with Crippen molar-refractivity contribution in [3.05, 3.63) is 78.1 Å². The molecule has 0 saturated carbocycles. The number of nitrogens with zero attached hydrogens (tertiary/aromatic N) is 2. The molecule has 0 radical (unpaired) electrons. The van der Waals surface area contributed by atoms with E-state index in [-0.39, 0.29) is 23.1 Å². The molecule has 0 spiro atoms. The normalized spacial score (nSPS) is 11.3. The fourth-order valence-electron chi connectivity index (χ4n) is 2.54. The lowest BCUT2D eigenvalue weighted by molar-refractivity contribution is 0.0950. The van der Waals surface area contributed by atoms with Crippen molar-refractivity contribution in [1.82, 2.24) is 14.9 Å². The van der Waals surface area contributed by atoms with Crippen molar-refractivity contribution in [3.8, 4) is 5.69 Å². The Hall–Kier alpha value is -3.00. The van der Waals surface area contributed by atoms with Gasteiger partial charge >= 0.3 is 0 Å². The van der Waals surface area contributed by atoms with Crippen LogP contribution in [0.4, 0.5) is 4.39 Å². The van der Waals surface area contributed by atoms with Gasteiger partial charge in [0.25, 0.3) is 5.91 Å². The number of carbonyl (C=O) groups is 1. The summed E-state index contributed by atoms with van der Waals surface area (Å²) in [6.07, 6.45) is 4.70. The summed E-state index contributed by atoms with van der Waals surface area (Å²) < 4.78 is 39.4. The summed E-state index contributed by atoms with van der Waals surface area (Å²) in [7, 11) is -3.30. The molecule has 0 aliphatic carbocycles. The van der Waals surface area contributed by atoms with E-state index in [0.29, 0.717) is 16.8 Å². The maximum atomic E-state index is 14.2. The van der Waals surface area contributed by atoms with E-state index in [1.54, 1.807) is 36.0 Å². The first-order valence-electron chi connectivity index (χ1n) is 8.28. The fraction of sp³-hybridized carbons (Fsp3) is 0.158. The first-order valence-corrected chi connectivity index (χ1v) is 9.93. The SMILES string of the molecule is CCS(=O)(=O)c1ccc(C(=O)NCc2ccc(-n3ccnc3)c(F)c2)cc1. The summed E-state index contributed by atoms with van der Waals surface area (Å²) in [5.74, 6) is -0.789. The number of hydrogen-bond acceptors (Lipinski definition) is 4. The predicted octanol–water partition coefficient (Wildman–Crippen LogP) is 2.74. The lowest BCUT2D eigenvalue weighted by atomic mass is 10.1.